The quantitative estimate of drug-likeness (QED) is 0.213. The summed E-state index contributed by atoms with van der Waals surface area (Å²) in [6.45, 7) is 5.38. The topological polar surface area (TPSA) is 191 Å². The van der Waals surface area contributed by atoms with Crippen LogP contribution in [0.3, 0.4) is 0 Å². The zero-order valence-electron chi connectivity index (χ0n) is 24.8. The fourth-order valence-electron chi connectivity index (χ4n) is 4.41. The minimum Gasteiger partial charge on any atom is -0.453 e. The Morgan fingerprint density at radius 3 is 2.51 bits per heavy atom. The number of hydrogen-bond acceptors (Lipinski definition) is 10. The summed E-state index contributed by atoms with van der Waals surface area (Å²) >= 11 is 6.18. The Balaban J connectivity index is 1.66. The largest absolute Gasteiger partial charge is 0.453 e. The zero-order chi connectivity index (χ0) is 32.8. The van der Waals surface area contributed by atoms with E-state index in [1.807, 2.05) is 0 Å². The van der Waals surface area contributed by atoms with Crippen LogP contribution in [0.1, 0.15) is 38.1 Å². The Kier molecular flexibility index (Phi) is 10.1. The van der Waals surface area contributed by atoms with Crippen molar-refractivity contribution in [3.63, 3.8) is 0 Å². The maximum atomic E-state index is 13.2. The third-order valence-corrected chi connectivity index (χ3v) is 8.58. The van der Waals surface area contributed by atoms with E-state index < -0.39 is 44.6 Å². The highest BCUT2D eigenvalue weighted by Gasteiger charge is 2.28. The molecule has 0 radical (unpaired) electrons. The van der Waals surface area contributed by atoms with Crippen LogP contribution in [0.2, 0.25) is 5.02 Å². The standard InChI is InChI=1S/C29H31ClN8O6S/c1-29(2,3)16-45(42,43)15-24(33-26(39)12-7-19-13-20(30)8-11-25(19)38-17-31-36-37-38)23-14-22(27(40)35-34-23)18-5-9-21(10-6-18)32-28(41)44-4/h5-14,17,24H,15-16H2,1-4H3,(H,32,41)(H,33,39)(H,35,40)/b12-7+. The summed E-state index contributed by atoms with van der Waals surface area (Å²) in [7, 11) is -2.48. The number of rotatable bonds is 10. The monoisotopic (exact) mass is 654 g/mol. The number of methoxy groups -OCH3 is 1. The van der Waals surface area contributed by atoms with Crippen molar-refractivity contribution < 1.29 is 22.7 Å². The van der Waals surface area contributed by atoms with Crippen LogP contribution in [0.15, 0.2) is 65.7 Å². The van der Waals surface area contributed by atoms with Gasteiger partial charge >= 0.3 is 6.09 Å². The predicted molar refractivity (Wildman–Crippen MR) is 169 cm³/mol. The number of carbonyl (C=O) groups is 2. The van der Waals surface area contributed by atoms with Gasteiger partial charge in [0, 0.05) is 22.3 Å². The second-order valence-electron chi connectivity index (χ2n) is 11.2. The zero-order valence-corrected chi connectivity index (χ0v) is 26.4. The van der Waals surface area contributed by atoms with Crippen molar-refractivity contribution in [3.05, 3.63) is 87.6 Å². The summed E-state index contributed by atoms with van der Waals surface area (Å²) < 4.78 is 32.4. The van der Waals surface area contributed by atoms with E-state index in [1.165, 1.54) is 36.3 Å². The smallest absolute Gasteiger partial charge is 0.411 e. The summed E-state index contributed by atoms with van der Waals surface area (Å²) in [6.07, 6.45) is 3.45. The molecule has 0 saturated carbocycles. The number of amides is 2. The number of nitrogens with zero attached hydrogens (tertiary/aromatic N) is 5. The van der Waals surface area contributed by atoms with Crippen LogP contribution in [0, 0.1) is 5.41 Å². The van der Waals surface area contributed by atoms with Gasteiger partial charge in [0.1, 0.15) is 6.33 Å². The van der Waals surface area contributed by atoms with Gasteiger partial charge in [0.2, 0.25) is 5.91 Å². The average molecular weight is 655 g/mol. The fourth-order valence-corrected chi connectivity index (χ4v) is 6.79. The molecule has 0 fully saturated rings. The molecular formula is C29H31ClN8O6S. The normalized spacial score (nSPS) is 12.6. The molecule has 0 bridgehead atoms. The third kappa shape index (κ3) is 9.30. The molecule has 45 heavy (non-hydrogen) atoms. The Morgan fingerprint density at radius 1 is 1.13 bits per heavy atom. The molecule has 236 valence electrons. The summed E-state index contributed by atoms with van der Waals surface area (Å²) in [4.78, 5) is 37.5. The Labute approximate surface area is 263 Å². The molecule has 16 heteroatoms. The number of hydrogen-bond donors (Lipinski definition) is 3. The van der Waals surface area contributed by atoms with E-state index in [9.17, 15) is 22.8 Å². The van der Waals surface area contributed by atoms with Crippen LogP contribution in [-0.2, 0) is 19.4 Å². The molecular weight excluding hydrogens is 624 g/mol. The Hall–Kier alpha value is -4.89. The lowest BCUT2D eigenvalue weighted by Crippen LogP contribution is -2.36. The number of carbonyl (C=O) groups excluding carboxylic acids is 2. The summed E-state index contributed by atoms with van der Waals surface area (Å²) in [5.74, 6) is -1.25. The van der Waals surface area contributed by atoms with E-state index in [2.05, 4.69) is 41.1 Å². The van der Waals surface area contributed by atoms with Gasteiger partial charge in [-0.2, -0.15) is 9.78 Å². The van der Waals surface area contributed by atoms with E-state index in [-0.39, 0.29) is 17.0 Å². The van der Waals surface area contributed by atoms with E-state index in [4.69, 9.17) is 11.6 Å². The number of tetrazole rings is 1. The number of aromatic nitrogens is 6. The molecule has 1 unspecified atom stereocenters. The van der Waals surface area contributed by atoms with Crippen LogP contribution in [0.4, 0.5) is 10.5 Å². The number of anilines is 1. The average Bonchev–Trinajstić information content (AvgIpc) is 3.50. The van der Waals surface area contributed by atoms with Gasteiger partial charge in [-0.15, -0.1) is 5.10 Å². The minimum atomic E-state index is -3.71. The first-order chi connectivity index (χ1) is 21.2. The first kappa shape index (κ1) is 33.0. The molecule has 0 saturated heterocycles. The summed E-state index contributed by atoms with van der Waals surface area (Å²) in [6, 6.07) is 11.6. The highest BCUT2D eigenvalue weighted by Crippen LogP contribution is 2.24. The lowest BCUT2D eigenvalue weighted by atomic mass is 10.0. The molecule has 2 amide bonds. The van der Waals surface area contributed by atoms with Crippen molar-refractivity contribution in [2.24, 2.45) is 5.41 Å². The Bertz CT molecular complexity index is 1870. The first-order valence-electron chi connectivity index (χ1n) is 13.5. The van der Waals surface area contributed by atoms with Crippen LogP contribution >= 0.6 is 11.6 Å². The van der Waals surface area contributed by atoms with Crippen molar-refractivity contribution in [2.45, 2.75) is 26.8 Å². The highest BCUT2D eigenvalue weighted by molar-refractivity contribution is 7.91. The molecule has 2 aromatic heterocycles. The van der Waals surface area contributed by atoms with Gasteiger partial charge in [-0.3, -0.25) is 14.9 Å². The molecule has 0 aliphatic carbocycles. The highest BCUT2D eigenvalue weighted by atomic mass is 35.5. The van der Waals surface area contributed by atoms with Crippen molar-refractivity contribution in [2.75, 3.05) is 23.9 Å². The number of sulfone groups is 1. The molecule has 0 aliphatic rings. The van der Waals surface area contributed by atoms with E-state index in [0.29, 0.717) is 27.5 Å². The number of halogens is 1. The SMILES string of the molecule is COC(=O)Nc1ccc(-c2cc(C(CS(=O)(=O)CC(C)(C)C)NC(=O)/C=C/c3cc(Cl)ccc3-n3cnnn3)n[nH]c2=O)cc1. The molecule has 1 atom stereocenters. The number of nitrogens with one attached hydrogen (secondary N) is 3. The van der Waals surface area contributed by atoms with Crippen LogP contribution in [-0.4, -0.2) is 69.4 Å². The van der Waals surface area contributed by atoms with Crippen LogP contribution in [0.5, 0.6) is 0 Å². The second-order valence-corrected chi connectivity index (χ2v) is 13.7. The molecule has 4 rings (SSSR count). The number of benzene rings is 2. The van der Waals surface area contributed by atoms with Gasteiger partial charge in [-0.25, -0.2) is 18.3 Å². The molecule has 0 aliphatic heterocycles. The van der Waals surface area contributed by atoms with E-state index >= 15 is 0 Å². The summed E-state index contributed by atoms with van der Waals surface area (Å²) in [5, 5.41) is 23.3. The maximum Gasteiger partial charge on any atom is 0.411 e. The lowest BCUT2D eigenvalue weighted by molar-refractivity contribution is -0.117. The second kappa shape index (κ2) is 13.8. The van der Waals surface area contributed by atoms with E-state index in [0.717, 1.165) is 0 Å². The molecule has 2 heterocycles. The van der Waals surface area contributed by atoms with Gasteiger partial charge in [0.25, 0.3) is 5.56 Å². The summed E-state index contributed by atoms with van der Waals surface area (Å²) in [5.41, 5.74) is 1.20. The Morgan fingerprint density at radius 2 is 1.87 bits per heavy atom. The van der Waals surface area contributed by atoms with Gasteiger partial charge in [-0.05, 0) is 63.9 Å². The van der Waals surface area contributed by atoms with Gasteiger partial charge in [0.05, 0.1) is 41.6 Å². The van der Waals surface area contributed by atoms with Crippen LogP contribution in [0.25, 0.3) is 22.9 Å². The maximum absolute atomic E-state index is 13.2. The molecule has 2 aromatic carbocycles. The fraction of sp³-hybridized carbons (Fsp3) is 0.276. The van der Waals surface area contributed by atoms with Crippen molar-refractivity contribution >= 4 is 45.2 Å². The van der Waals surface area contributed by atoms with Gasteiger partial charge in [0.15, 0.2) is 9.84 Å². The third-order valence-electron chi connectivity index (χ3n) is 6.20. The molecule has 0 spiro atoms. The van der Waals surface area contributed by atoms with Gasteiger partial charge < -0.3 is 10.1 Å². The van der Waals surface area contributed by atoms with Crippen molar-refractivity contribution in [1.82, 2.24) is 35.7 Å². The predicted octanol–water partition coefficient (Wildman–Crippen LogP) is 3.58. The van der Waals surface area contributed by atoms with E-state index in [1.54, 1.807) is 63.2 Å². The van der Waals surface area contributed by atoms with Crippen LogP contribution < -0.4 is 16.2 Å². The van der Waals surface area contributed by atoms with Crippen molar-refractivity contribution in [3.8, 4) is 16.8 Å². The van der Waals surface area contributed by atoms with Crippen molar-refractivity contribution in [1.29, 1.82) is 0 Å². The number of H-pyrrole nitrogens is 1. The molecule has 14 nitrogen and oxygen atoms in total. The van der Waals surface area contributed by atoms with Gasteiger partial charge in [-0.1, -0.05) is 44.5 Å². The number of ether oxygens (including phenoxy) is 1. The molecule has 3 N–H and O–H groups in total. The molecule has 4 aromatic rings. The number of aromatic amines is 1. The lowest BCUT2D eigenvalue weighted by Gasteiger charge is -2.22. The minimum absolute atomic E-state index is 0.123. The first-order valence-corrected chi connectivity index (χ1v) is 15.7.